The van der Waals surface area contributed by atoms with E-state index in [1.54, 1.807) is 29.2 Å². The Morgan fingerprint density at radius 3 is 2.59 bits per heavy atom. The van der Waals surface area contributed by atoms with Gasteiger partial charge in [-0.2, -0.15) is 5.26 Å². The second kappa shape index (κ2) is 7.16. The predicted molar refractivity (Wildman–Crippen MR) is 79.2 cm³/mol. The maximum atomic E-state index is 12.8. The summed E-state index contributed by atoms with van der Waals surface area (Å²) >= 11 is 0. The normalized spacial score (nSPS) is 18.5. The summed E-state index contributed by atoms with van der Waals surface area (Å²) in [6, 6.07) is 8.71. The molecule has 1 aliphatic heterocycles. The minimum absolute atomic E-state index is 0.0512. The van der Waals surface area contributed by atoms with Crippen LogP contribution in [0.1, 0.15) is 24.0 Å². The van der Waals surface area contributed by atoms with E-state index in [4.69, 9.17) is 5.26 Å². The van der Waals surface area contributed by atoms with Crippen LogP contribution in [0.4, 0.5) is 8.78 Å². The van der Waals surface area contributed by atoms with Crippen molar-refractivity contribution in [2.75, 3.05) is 18.1 Å². The van der Waals surface area contributed by atoms with E-state index >= 15 is 0 Å². The summed E-state index contributed by atoms with van der Waals surface area (Å²) in [6.45, 7) is -0.0912. The lowest BCUT2D eigenvalue weighted by molar-refractivity contribution is 0.0577. The highest BCUT2D eigenvalue weighted by molar-refractivity contribution is 7.91. The fourth-order valence-corrected chi connectivity index (χ4v) is 4.20. The number of sulfone groups is 1. The number of halogens is 2. The topological polar surface area (TPSA) is 61.2 Å². The molecular formula is C15H18F2N2O2S. The molecule has 0 radical (unpaired) electrons. The van der Waals surface area contributed by atoms with Gasteiger partial charge in [-0.1, -0.05) is 12.1 Å². The third-order valence-corrected chi connectivity index (χ3v) is 5.57. The Bertz CT molecular complexity index is 642. The molecule has 0 spiro atoms. The zero-order valence-corrected chi connectivity index (χ0v) is 12.9. The lowest BCUT2D eigenvalue weighted by Crippen LogP contribution is -2.43. The van der Waals surface area contributed by atoms with Crippen molar-refractivity contribution in [2.24, 2.45) is 0 Å². The van der Waals surface area contributed by atoms with Gasteiger partial charge in [-0.05, 0) is 30.5 Å². The molecule has 0 amide bonds. The molecule has 0 unspecified atom stereocenters. The van der Waals surface area contributed by atoms with Crippen LogP contribution in [0.15, 0.2) is 24.3 Å². The van der Waals surface area contributed by atoms with Gasteiger partial charge < -0.3 is 0 Å². The van der Waals surface area contributed by atoms with Gasteiger partial charge in [-0.3, -0.25) is 4.90 Å². The van der Waals surface area contributed by atoms with Crippen molar-refractivity contribution >= 4 is 9.84 Å². The first-order valence-electron chi connectivity index (χ1n) is 7.11. The average molecular weight is 328 g/mol. The Labute approximate surface area is 129 Å². The Kier molecular flexibility index (Phi) is 5.48. The molecule has 0 N–H and O–H groups in total. The lowest BCUT2D eigenvalue weighted by Gasteiger charge is -2.34. The van der Waals surface area contributed by atoms with Gasteiger partial charge in [0.25, 0.3) is 6.43 Å². The van der Waals surface area contributed by atoms with E-state index in [9.17, 15) is 17.2 Å². The number of hydrogen-bond acceptors (Lipinski definition) is 4. The van der Waals surface area contributed by atoms with Gasteiger partial charge in [0.2, 0.25) is 0 Å². The minimum atomic E-state index is -3.02. The van der Waals surface area contributed by atoms with E-state index < -0.39 is 16.3 Å². The van der Waals surface area contributed by atoms with Crippen molar-refractivity contribution < 1.29 is 17.2 Å². The minimum Gasteiger partial charge on any atom is -0.290 e. The number of rotatable bonds is 5. The van der Waals surface area contributed by atoms with Gasteiger partial charge in [0.05, 0.1) is 29.7 Å². The van der Waals surface area contributed by atoms with E-state index in [0.717, 1.165) is 5.56 Å². The van der Waals surface area contributed by atoms with Crippen LogP contribution in [-0.2, 0) is 16.4 Å². The highest BCUT2D eigenvalue weighted by Gasteiger charge is 2.29. The van der Waals surface area contributed by atoms with Crippen LogP contribution in [0.5, 0.6) is 0 Å². The second-order valence-corrected chi connectivity index (χ2v) is 7.82. The molecule has 1 saturated heterocycles. The van der Waals surface area contributed by atoms with Crippen LogP contribution in [0.2, 0.25) is 0 Å². The quantitative estimate of drug-likeness (QED) is 0.831. The van der Waals surface area contributed by atoms with E-state index in [0.29, 0.717) is 24.9 Å². The zero-order valence-electron chi connectivity index (χ0n) is 12.1. The molecule has 22 heavy (non-hydrogen) atoms. The molecule has 0 saturated carbocycles. The first-order chi connectivity index (χ1) is 10.4. The molecule has 1 aromatic rings. The fourth-order valence-electron chi connectivity index (χ4n) is 2.74. The molecule has 7 heteroatoms. The highest BCUT2D eigenvalue weighted by Crippen LogP contribution is 2.21. The molecule has 4 nitrogen and oxygen atoms in total. The van der Waals surface area contributed by atoms with Gasteiger partial charge in [0.1, 0.15) is 9.84 Å². The van der Waals surface area contributed by atoms with Gasteiger partial charge in [-0.25, -0.2) is 17.2 Å². The molecule has 0 atom stereocenters. The summed E-state index contributed by atoms with van der Waals surface area (Å²) in [4.78, 5) is 1.63. The van der Waals surface area contributed by atoms with E-state index in [1.807, 2.05) is 6.07 Å². The molecule has 0 bridgehead atoms. The predicted octanol–water partition coefficient (Wildman–Crippen LogP) is 2.20. The number of alkyl halides is 2. The van der Waals surface area contributed by atoms with Gasteiger partial charge >= 0.3 is 0 Å². The first-order valence-corrected chi connectivity index (χ1v) is 8.93. The summed E-state index contributed by atoms with van der Waals surface area (Å²) in [5.74, 6) is 0.102. The molecule has 120 valence electrons. The smallest absolute Gasteiger partial charge is 0.251 e. The Balaban J connectivity index is 2.11. The summed E-state index contributed by atoms with van der Waals surface area (Å²) in [5.41, 5.74) is 1.27. The van der Waals surface area contributed by atoms with Gasteiger partial charge in [0.15, 0.2) is 0 Å². The van der Waals surface area contributed by atoms with Crippen molar-refractivity contribution in [3.05, 3.63) is 35.4 Å². The summed E-state index contributed by atoms with van der Waals surface area (Å²) < 4.78 is 48.6. The van der Waals surface area contributed by atoms with Crippen LogP contribution < -0.4 is 0 Å². The molecule has 0 aliphatic carbocycles. The standard InChI is InChI=1S/C15H18F2N2O2S/c16-15(17)11-19(14-4-6-22(20,21)7-5-14)10-13-3-1-2-12(8-13)9-18/h1-3,8,14-15H,4-7,10-11H2. The van der Waals surface area contributed by atoms with Crippen LogP contribution in [0.25, 0.3) is 0 Å². The van der Waals surface area contributed by atoms with Crippen molar-refractivity contribution in [3.63, 3.8) is 0 Å². The molecule has 1 aromatic carbocycles. The second-order valence-electron chi connectivity index (χ2n) is 5.52. The zero-order chi connectivity index (χ0) is 16.2. The fraction of sp³-hybridized carbons (Fsp3) is 0.533. The van der Waals surface area contributed by atoms with Crippen molar-refractivity contribution in [3.8, 4) is 6.07 Å². The third kappa shape index (κ3) is 4.75. The molecule has 0 aromatic heterocycles. The number of hydrogen-bond donors (Lipinski definition) is 0. The molecule has 1 heterocycles. The van der Waals surface area contributed by atoms with E-state index in [1.165, 1.54) is 0 Å². The average Bonchev–Trinajstić information content (AvgIpc) is 2.46. The Morgan fingerprint density at radius 2 is 2.00 bits per heavy atom. The highest BCUT2D eigenvalue weighted by atomic mass is 32.2. The van der Waals surface area contributed by atoms with Crippen molar-refractivity contribution in [2.45, 2.75) is 31.9 Å². The molecule has 1 aliphatic rings. The molecule has 2 rings (SSSR count). The number of benzene rings is 1. The maximum absolute atomic E-state index is 12.8. The monoisotopic (exact) mass is 328 g/mol. The summed E-state index contributed by atoms with van der Waals surface area (Å²) in [5, 5.41) is 8.90. The molecule has 1 fully saturated rings. The number of nitrogens with zero attached hydrogens (tertiary/aromatic N) is 2. The Hall–Kier alpha value is -1.52. The Morgan fingerprint density at radius 1 is 1.32 bits per heavy atom. The summed E-state index contributed by atoms with van der Waals surface area (Å²) in [6.07, 6.45) is -1.71. The molecular weight excluding hydrogens is 310 g/mol. The SMILES string of the molecule is N#Cc1cccc(CN(CC(F)F)C2CCS(=O)(=O)CC2)c1. The van der Waals surface area contributed by atoms with Crippen LogP contribution >= 0.6 is 0 Å². The van der Waals surface area contributed by atoms with Crippen LogP contribution in [-0.4, -0.2) is 43.8 Å². The summed E-state index contributed by atoms with van der Waals surface area (Å²) in [7, 11) is -3.02. The lowest BCUT2D eigenvalue weighted by atomic mass is 10.1. The van der Waals surface area contributed by atoms with Crippen LogP contribution in [0.3, 0.4) is 0 Å². The van der Waals surface area contributed by atoms with E-state index in [2.05, 4.69) is 0 Å². The van der Waals surface area contributed by atoms with Gasteiger partial charge in [0, 0.05) is 12.6 Å². The van der Waals surface area contributed by atoms with Gasteiger partial charge in [-0.15, -0.1) is 0 Å². The van der Waals surface area contributed by atoms with E-state index in [-0.39, 0.29) is 24.1 Å². The largest absolute Gasteiger partial charge is 0.290 e. The number of nitriles is 1. The first kappa shape index (κ1) is 16.8. The van der Waals surface area contributed by atoms with Crippen molar-refractivity contribution in [1.29, 1.82) is 5.26 Å². The maximum Gasteiger partial charge on any atom is 0.251 e. The third-order valence-electron chi connectivity index (χ3n) is 3.85. The van der Waals surface area contributed by atoms with Crippen molar-refractivity contribution in [1.82, 2.24) is 4.90 Å². The van der Waals surface area contributed by atoms with Crippen LogP contribution in [0, 0.1) is 11.3 Å².